The van der Waals surface area contributed by atoms with Crippen LogP contribution in [0.25, 0.3) is 0 Å². The number of allylic oxidation sites excluding steroid dienone is 3. The summed E-state index contributed by atoms with van der Waals surface area (Å²) in [6.45, 7) is 5.72. The summed E-state index contributed by atoms with van der Waals surface area (Å²) in [4.78, 5) is 12.3. The first-order valence-corrected chi connectivity index (χ1v) is 8.72. The molecule has 1 aromatic rings. The summed E-state index contributed by atoms with van der Waals surface area (Å²) in [5.74, 6) is 0.990. The number of rotatable bonds is 7. The van der Waals surface area contributed by atoms with Gasteiger partial charge in [-0.3, -0.25) is 4.79 Å². The van der Waals surface area contributed by atoms with E-state index in [2.05, 4.69) is 6.58 Å². The van der Waals surface area contributed by atoms with Crippen LogP contribution >= 0.6 is 0 Å². The molecular formula is C21H24O6. The molecule has 0 spiro atoms. The number of benzene rings is 1. The first-order valence-electron chi connectivity index (χ1n) is 8.72. The van der Waals surface area contributed by atoms with Crippen molar-refractivity contribution < 1.29 is 28.8 Å². The van der Waals surface area contributed by atoms with Crippen LogP contribution in [0.2, 0.25) is 0 Å². The minimum absolute atomic E-state index is 0.149. The third kappa shape index (κ3) is 3.26. The molecule has 1 aromatic carbocycles. The molecule has 1 heterocycles. The molecule has 0 saturated heterocycles. The molecule has 1 aliphatic heterocycles. The van der Waals surface area contributed by atoms with Gasteiger partial charge in [0.15, 0.2) is 17.3 Å². The summed E-state index contributed by atoms with van der Waals surface area (Å²) in [7, 11) is 3.02. The second-order valence-corrected chi connectivity index (χ2v) is 6.58. The van der Waals surface area contributed by atoms with Gasteiger partial charge in [-0.2, -0.15) is 0 Å². The van der Waals surface area contributed by atoms with Crippen LogP contribution in [-0.4, -0.2) is 37.5 Å². The maximum absolute atomic E-state index is 12.3. The first-order chi connectivity index (χ1) is 13.0. The van der Waals surface area contributed by atoms with Crippen LogP contribution in [0.5, 0.6) is 11.5 Å². The highest BCUT2D eigenvalue weighted by Crippen LogP contribution is 2.44. The Morgan fingerprint density at radius 1 is 1.33 bits per heavy atom. The zero-order valence-electron chi connectivity index (χ0n) is 15.7. The molecule has 3 atom stereocenters. The quantitative estimate of drug-likeness (QED) is 0.742. The lowest BCUT2D eigenvalue weighted by Crippen LogP contribution is -2.45. The summed E-state index contributed by atoms with van der Waals surface area (Å²) < 4.78 is 22.0. The molecule has 27 heavy (non-hydrogen) atoms. The van der Waals surface area contributed by atoms with Crippen molar-refractivity contribution in [2.24, 2.45) is 5.92 Å². The summed E-state index contributed by atoms with van der Waals surface area (Å²) in [5, 5.41) is 11.1. The second kappa shape index (κ2) is 7.58. The van der Waals surface area contributed by atoms with Crippen molar-refractivity contribution in [2.75, 3.05) is 21.0 Å². The number of carbonyl (C=O) groups is 1. The van der Waals surface area contributed by atoms with Gasteiger partial charge in [0, 0.05) is 24.7 Å². The number of hydrogen-bond acceptors (Lipinski definition) is 6. The van der Waals surface area contributed by atoms with E-state index in [9.17, 15) is 9.90 Å². The zero-order valence-corrected chi connectivity index (χ0v) is 15.7. The van der Waals surface area contributed by atoms with E-state index in [1.807, 2.05) is 6.92 Å². The van der Waals surface area contributed by atoms with Crippen LogP contribution in [0.15, 0.2) is 54.3 Å². The lowest BCUT2D eigenvalue weighted by Gasteiger charge is -2.40. The SMILES string of the molecule is C=CCC1=CC(OC)(C(C)C(O)c2ccc3c(c2)OCO3)C(OC)=CC1=O. The van der Waals surface area contributed by atoms with Gasteiger partial charge in [0.1, 0.15) is 11.4 Å². The number of carbonyl (C=O) groups excluding carboxylic acids is 1. The number of ether oxygens (including phenoxy) is 4. The highest BCUT2D eigenvalue weighted by Gasteiger charge is 2.46. The second-order valence-electron chi connectivity index (χ2n) is 6.58. The van der Waals surface area contributed by atoms with Crippen molar-refractivity contribution in [2.45, 2.75) is 25.0 Å². The van der Waals surface area contributed by atoms with Crippen molar-refractivity contribution in [3.05, 3.63) is 59.9 Å². The van der Waals surface area contributed by atoms with E-state index in [1.54, 1.807) is 30.4 Å². The lowest BCUT2D eigenvalue weighted by atomic mass is 9.76. The molecule has 6 heteroatoms. The largest absolute Gasteiger partial charge is 0.498 e. The molecule has 0 aromatic heterocycles. The number of methoxy groups -OCH3 is 2. The number of hydrogen-bond donors (Lipinski definition) is 1. The number of aliphatic hydroxyl groups is 1. The molecule has 0 saturated carbocycles. The fraction of sp³-hybridized carbons (Fsp3) is 0.381. The third-order valence-corrected chi connectivity index (χ3v) is 5.16. The van der Waals surface area contributed by atoms with Crippen LogP contribution in [0, 0.1) is 5.92 Å². The average molecular weight is 372 g/mol. The van der Waals surface area contributed by atoms with Crippen molar-refractivity contribution in [1.29, 1.82) is 0 Å². The van der Waals surface area contributed by atoms with Gasteiger partial charge in [-0.05, 0) is 30.2 Å². The third-order valence-electron chi connectivity index (χ3n) is 5.16. The summed E-state index contributed by atoms with van der Waals surface area (Å²) >= 11 is 0. The van der Waals surface area contributed by atoms with E-state index in [0.29, 0.717) is 34.8 Å². The molecule has 1 aliphatic carbocycles. The summed E-state index contributed by atoms with van der Waals surface area (Å²) in [6.07, 6.45) is 4.33. The van der Waals surface area contributed by atoms with Crippen molar-refractivity contribution in [1.82, 2.24) is 0 Å². The number of fused-ring (bicyclic) bond motifs is 1. The van der Waals surface area contributed by atoms with Gasteiger partial charge < -0.3 is 24.1 Å². The molecule has 2 aliphatic rings. The van der Waals surface area contributed by atoms with Gasteiger partial charge in [-0.15, -0.1) is 6.58 Å². The van der Waals surface area contributed by atoms with Gasteiger partial charge in [0.25, 0.3) is 0 Å². The molecule has 0 amide bonds. The van der Waals surface area contributed by atoms with Gasteiger partial charge in [0.2, 0.25) is 6.79 Å². The monoisotopic (exact) mass is 372 g/mol. The summed E-state index contributed by atoms with van der Waals surface area (Å²) in [5.41, 5.74) is 0.128. The van der Waals surface area contributed by atoms with Crippen LogP contribution < -0.4 is 9.47 Å². The zero-order chi connectivity index (χ0) is 19.6. The lowest BCUT2D eigenvalue weighted by molar-refractivity contribution is -0.113. The van der Waals surface area contributed by atoms with Gasteiger partial charge in [-0.1, -0.05) is 19.1 Å². The van der Waals surface area contributed by atoms with Crippen LogP contribution in [0.3, 0.4) is 0 Å². The van der Waals surface area contributed by atoms with E-state index >= 15 is 0 Å². The van der Waals surface area contributed by atoms with Crippen LogP contribution in [-0.2, 0) is 14.3 Å². The molecule has 144 valence electrons. The summed E-state index contributed by atoms with van der Waals surface area (Å²) in [6, 6.07) is 5.31. The fourth-order valence-electron chi connectivity index (χ4n) is 3.58. The minimum atomic E-state index is -1.09. The Morgan fingerprint density at radius 3 is 2.74 bits per heavy atom. The molecule has 0 radical (unpaired) electrons. The Bertz CT molecular complexity index is 809. The highest BCUT2D eigenvalue weighted by atomic mass is 16.7. The van der Waals surface area contributed by atoms with Crippen molar-refractivity contribution >= 4 is 5.78 Å². The molecule has 6 nitrogen and oxygen atoms in total. The van der Waals surface area contributed by atoms with Gasteiger partial charge in [0.05, 0.1) is 13.2 Å². The van der Waals surface area contributed by atoms with E-state index in [0.717, 1.165) is 0 Å². The Balaban J connectivity index is 2.00. The predicted molar refractivity (Wildman–Crippen MR) is 99.4 cm³/mol. The molecule has 3 unspecified atom stereocenters. The molecule has 0 fully saturated rings. The molecule has 0 bridgehead atoms. The first kappa shape index (κ1) is 19.2. The highest BCUT2D eigenvalue weighted by molar-refractivity contribution is 6.06. The maximum atomic E-state index is 12.3. The van der Waals surface area contributed by atoms with Crippen molar-refractivity contribution in [3.63, 3.8) is 0 Å². The Labute approximate surface area is 158 Å². The van der Waals surface area contributed by atoms with E-state index in [-0.39, 0.29) is 12.6 Å². The average Bonchev–Trinajstić information content (AvgIpc) is 3.16. The maximum Gasteiger partial charge on any atom is 0.231 e. The predicted octanol–water partition coefficient (Wildman–Crippen LogP) is 3.09. The topological polar surface area (TPSA) is 74.2 Å². The van der Waals surface area contributed by atoms with Crippen molar-refractivity contribution in [3.8, 4) is 11.5 Å². The normalized spacial score (nSPS) is 23.3. The van der Waals surface area contributed by atoms with E-state index in [1.165, 1.54) is 20.3 Å². The molecule has 3 rings (SSSR count). The molecular weight excluding hydrogens is 348 g/mol. The fourth-order valence-corrected chi connectivity index (χ4v) is 3.58. The standard InChI is InChI=1S/C21H24O6/c1-5-6-15-11-21(25-4,19(24-3)10-16(15)22)13(2)20(23)14-7-8-17-18(9-14)27-12-26-17/h5,7-11,13,20,23H,1,6,12H2,2-4H3. The molecule has 1 N–H and O–H groups in total. The van der Waals surface area contributed by atoms with E-state index < -0.39 is 17.6 Å². The smallest absolute Gasteiger partial charge is 0.231 e. The number of aliphatic hydroxyl groups excluding tert-OH is 1. The minimum Gasteiger partial charge on any atom is -0.498 e. The Kier molecular flexibility index (Phi) is 5.39. The van der Waals surface area contributed by atoms with Crippen LogP contribution in [0.1, 0.15) is 25.0 Å². The number of ketones is 1. The van der Waals surface area contributed by atoms with Crippen LogP contribution in [0.4, 0.5) is 0 Å². The Morgan fingerprint density at radius 2 is 2.07 bits per heavy atom. The van der Waals surface area contributed by atoms with Gasteiger partial charge in [-0.25, -0.2) is 0 Å². The van der Waals surface area contributed by atoms with E-state index in [4.69, 9.17) is 18.9 Å². The Hall–Kier alpha value is -2.57. The van der Waals surface area contributed by atoms with Gasteiger partial charge >= 0.3 is 0 Å².